The number of pyridine rings is 1. The molecule has 1 N–H and O–H groups in total. The normalized spacial score (nSPS) is 10.9. The molecule has 0 aliphatic rings. The van der Waals surface area contributed by atoms with Crippen molar-refractivity contribution in [2.45, 2.75) is 26.8 Å². The third-order valence-electron chi connectivity index (χ3n) is 5.04. The van der Waals surface area contributed by atoms with Crippen LogP contribution in [0.15, 0.2) is 73.1 Å². The van der Waals surface area contributed by atoms with Gasteiger partial charge in [-0.2, -0.15) is 5.10 Å². The van der Waals surface area contributed by atoms with Crippen LogP contribution in [0.25, 0.3) is 16.9 Å². The Morgan fingerprint density at radius 3 is 2.55 bits per heavy atom. The van der Waals surface area contributed by atoms with E-state index in [-0.39, 0.29) is 5.82 Å². The first-order chi connectivity index (χ1) is 14.2. The van der Waals surface area contributed by atoms with Gasteiger partial charge in [-0.25, -0.2) is 9.07 Å². The van der Waals surface area contributed by atoms with Gasteiger partial charge in [0.05, 0.1) is 11.4 Å². The summed E-state index contributed by atoms with van der Waals surface area (Å²) in [5.74, 6) is -0.179. The summed E-state index contributed by atoms with van der Waals surface area (Å²) in [6, 6.07) is 19.2. The topological polar surface area (TPSA) is 42.7 Å². The Hall–Kier alpha value is -3.47. The van der Waals surface area contributed by atoms with Crippen molar-refractivity contribution in [3.8, 4) is 16.9 Å². The molecule has 0 radical (unpaired) electrons. The lowest BCUT2D eigenvalue weighted by Crippen LogP contribution is -2.05. The number of benzene rings is 2. The zero-order valence-corrected chi connectivity index (χ0v) is 16.6. The number of aryl methyl sites for hydroxylation is 2. The Kier molecular flexibility index (Phi) is 5.38. The lowest BCUT2D eigenvalue weighted by Gasteiger charge is -2.11. The highest BCUT2D eigenvalue weighted by atomic mass is 19.1. The van der Waals surface area contributed by atoms with Crippen molar-refractivity contribution >= 4 is 5.69 Å². The fourth-order valence-electron chi connectivity index (χ4n) is 3.35. The van der Waals surface area contributed by atoms with Gasteiger partial charge in [0.25, 0.3) is 0 Å². The van der Waals surface area contributed by atoms with Crippen LogP contribution in [0.3, 0.4) is 0 Å². The molecule has 2 aromatic carbocycles. The van der Waals surface area contributed by atoms with E-state index in [4.69, 9.17) is 5.10 Å². The Morgan fingerprint density at radius 2 is 1.86 bits per heavy atom. The van der Waals surface area contributed by atoms with Gasteiger partial charge in [-0.3, -0.25) is 4.98 Å². The van der Waals surface area contributed by atoms with Gasteiger partial charge in [-0.15, -0.1) is 0 Å². The van der Waals surface area contributed by atoms with Gasteiger partial charge in [0, 0.05) is 41.4 Å². The maximum absolute atomic E-state index is 14.0. The number of rotatable bonds is 6. The number of aromatic nitrogens is 3. The van der Waals surface area contributed by atoms with Gasteiger partial charge < -0.3 is 5.32 Å². The number of hydrogen-bond donors (Lipinski definition) is 1. The predicted octanol–water partition coefficient (Wildman–Crippen LogP) is 5.56. The summed E-state index contributed by atoms with van der Waals surface area (Å²) in [6.07, 6.45) is 4.46. The van der Waals surface area contributed by atoms with Crippen molar-refractivity contribution in [1.82, 2.24) is 14.8 Å². The average Bonchev–Trinajstić information content (AvgIpc) is 3.19. The van der Waals surface area contributed by atoms with Gasteiger partial charge in [0.2, 0.25) is 0 Å². The number of halogens is 1. The quantitative estimate of drug-likeness (QED) is 0.472. The summed E-state index contributed by atoms with van der Waals surface area (Å²) in [4.78, 5) is 4.18. The first-order valence-corrected chi connectivity index (χ1v) is 9.73. The highest BCUT2D eigenvalue weighted by Crippen LogP contribution is 2.23. The van der Waals surface area contributed by atoms with Crippen molar-refractivity contribution < 1.29 is 4.39 Å². The average molecular weight is 386 g/mol. The van der Waals surface area contributed by atoms with Crippen molar-refractivity contribution in [1.29, 1.82) is 0 Å². The maximum Gasteiger partial charge on any atom is 0.128 e. The van der Waals surface area contributed by atoms with E-state index < -0.39 is 0 Å². The van der Waals surface area contributed by atoms with E-state index in [2.05, 4.69) is 23.3 Å². The van der Waals surface area contributed by atoms with Crippen molar-refractivity contribution in [2.24, 2.45) is 0 Å². The van der Waals surface area contributed by atoms with Crippen LogP contribution in [0.5, 0.6) is 0 Å². The van der Waals surface area contributed by atoms with Crippen molar-refractivity contribution in [2.75, 3.05) is 5.32 Å². The van der Waals surface area contributed by atoms with Gasteiger partial charge >= 0.3 is 0 Å². The SMILES string of the molecule is CCc1cc(-c2cccnc2)nn1-c1ccc(NCc2c(C)cccc2F)cc1. The van der Waals surface area contributed by atoms with Crippen LogP contribution < -0.4 is 5.32 Å². The highest BCUT2D eigenvalue weighted by molar-refractivity contribution is 5.59. The third kappa shape index (κ3) is 4.04. The minimum atomic E-state index is -0.179. The molecule has 0 amide bonds. The molecule has 29 heavy (non-hydrogen) atoms. The molecule has 0 aliphatic carbocycles. The monoisotopic (exact) mass is 386 g/mol. The molecule has 2 heterocycles. The molecule has 0 unspecified atom stereocenters. The van der Waals surface area contributed by atoms with Crippen LogP contribution in [0.2, 0.25) is 0 Å². The van der Waals surface area contributed by atoms with Crippen LogP contribution >= 0.6 is 0 Å². The van der Waals surface area contributed by atoms with E-state index in [9.17, 15) is 4.39 Å². The molecule has 0 spiro atoms. The van der Waals surface area contributed by atoms with E-state index in [1.54, 1.807) is 12.3 Å². The van der Waals surface area contributed by atoms with Gasteiger partial charge in [-0.05, 0) is 67.4 Å². The molecule has 4 rings (SSSR count). The smallest absolute Gasteiger partial charge is 0.128 e. The summed E-state index contributed by atoms with van der Waals surface area (Å²) in [6.45, 7) is 4.49. The molecule has 0 fully saturated rings. The Bertz CT molecular complexity index is 1080. The molecule has 0 saturated carbocycles. The van der Waals surface area contributed by atoms with Gasteiger partial charge in [-0.1, -0.05) is 19.1 Å². The predicted molar refractivity (Wildman–Crippen MR) is 115 cm³/mol. The molecule has 146 valence electrons. The second kappa shape index (κ2) is 8.27. The summed E-state index contributed by atoms with van der Waals surface area (Å²) in [5.41, 5.74) is 6.61. The second-order valence-electron chi connectivity index (χ2n) is 6.96. The molecular formula is C24H23FN4. The first kappa shape index (κ1) is 18.9. The van der Waals surface area contributed by atoms with Crippen LogP contribution in [-0.2, 0) is 13.0 Å². The van der Waals surface area contributed by atoms with E-state index in [1.807, 2.05) is 60.3 Å². The second-order valence-corrected chi connectivity index (χ2v) is 6.96. The minimum Gasteiger partial charge on any atom is -0.381 e. The largest absolute Gasteiger partial charge is 0.381 e. The van der Waals surface area contributed by atoms with E-state index in [0.29, 0.717) is 12.1 Å². The van der Waals surface area contributed by atoms with Crippen LogP contribution in [0.4, 0.5) is 10.1 Å². The molecular weight excluding hydrogens is 363 g/mol. The van der Waals surface area contributed by atoms with Gasteiger partial charge in [0.1, 0.15) is 5.82 Å². The Morgan fingerprint density at radius 1 is 1.03 bits per heavy atom. The third-order valence-corrected chi connectivity index (χ3v) is 5.04. The number of nitrogens with one attached hydrogen (secondary N) is 1. The van der Waals surface area contributed by atoms with Crippen LogP contribution in [0, 0.1) is 12.7 Å². The lowest BCUT2D eigenvalue weighted by atomic mass is 10.1. The molecule has 4 nitrogen and oxygen atoms in total. The molecule has 0 saturated heterocycles. The summed E-state index contributed by atoms with van der Waals surface area (Å²) < 4.78 is 16.0. The van der Waals surface area contributed by atoms with Crippen molar-refractivity contribution in [3.63, 3.8) is 0 Å². The zero-order chi connectivity index (χ0) is 20.2. The molecule has 0 atom stereocenters. The molecule has 4 aromatic rings. The maximum atomic E-state index is 14.0. The zero-order valence-electron chi connectivity index (χ0n) is 16.6. The molecule has 5 heteroatoms. The van der Waals surface area contributed by atoms with Crippen LogP contribution in [-0.4, -0.2) is 14.8 Å². The van der Waals surface area contributed by atoms with E-state index >= 15 is 0 Å². The standard InChI is InChI=1S/C24H23FN4/c1-3-20-14-24(18-7-5-13-26-15-18)28-29(20)21-11-9-19(10-12-21)27-16-22-17(2)6-4-8-23(22)25/h4-15,27H,3,16H2,1-2H3. The van der Waals surface area contributed by atoms with E-state index in [0.717, 1.165) is 40.3 Å². The fraction of sp³-hybridized carbons (Fsp3) is 0.167. The Labute approximate surface area is 170 Å². The highest BCUT2D eigenvalue weighted by Gasteiger charge is 2.10. The molecule has 2 aromatic heterocycles. The van der Waals surface area contributed by atoms with E-state index in [1.165, 1.54) is 6.07 Å². The number of nitrogens with zero attached hydrogens (tertiary/aromatic N) is 3. The van der Waals surface area contributed by atoms with Crippen LogP contribution in [0.1, 0.15) is 23.7 Å². The summed E-state index contributed by atoms with van der Waals surface area (Å²) >= 11 is 0. The minimum absolute atomic E-state index is 0.179. The van der Waals surface area contributed by atoms with Gasteiger partial charge in [0.15, 0.2) is 0 Å². The fourth-order valence-corrected chi connectivity index (χ4v) is 3.35. The summed E-state index contributed by atoms with van der Waals surface area (Å²) in [5, 5.41) is 8.08. The lowest BCUT2D eigenvalue weighted by molar-refractivity contribution is 0.611. The first-order valence-electron chi connectivity index (χ1n) is 9.73. The number of anilines is 1. The summed E-state index contributed by atoms with van der Waals surface area (Å²) in [7, 11) is 0. The van der Waals surface area contributed by atoms with Crippen molar-refractivity contribution in [3.05, 3.63) is 95.7 Å². The number of hydrogen-bond acceptors (Lipinski definition) is 3. The Balaban J connectivity index is 1.54. The molecule has 0 bridgehead atoms. The molecule has 0 aliphatic heterocycles.